The van der Waals surface area contributed by atoms with Gasteiger partial charge in [-0.15, -0.1) is 0 Å². The van der Waals surface area contributed by atoms with Gasteiger partial charge in [0.25, 0.3) is 0 Å². The monoisotopic (exact) mass is 211 g/mol. The van der Waals surface area contributed by atoms with Crippen molar-refractivity contribution in [1.29, 1.82) is 0 Å². The Bertz CT molecular complexity index is 344. The predicted octanol–water partition coefficient (Wildman–Crippen LogP) is 2.16. The first-order valence-electron chi connectivity index (χ1n) is 4.42. The molecule has 1 aromatic rings. The molecular formula is C10H10ClNO2. The van der Waals surface area contributed by atoms with Gasteiger partial charge < -0.3 is 10.1 Å². The zero-order valence-corrected chi connectivity index (χ0v) is 8.25. The van der Waals surface area contributed by atoms with Gasteiger partial charge in [-0.3, -0.25) is 0 Å². The number of cyclic esters (lactones) is 1. The van der Waals surface area contributed by atoms with Gasteiger partial charge in [0.15, 0.2) is 0 Å². The fourth-order valence-corrected chi connectivity index (χ4v) is 1.67. The van der Waals surface area contributed by atoms with Crippen LogP contribution >= 0.6 is 11.6 Å². The highest BCUT2D eigenvalue weighted by atomic mass is 35.5. The number of benzene rings is 1. The van der Waals surface area contributed by atoms with Crippen LogP contribution in [-0.2, 0) is 4.74 Å². The van der Waals surface area contributed by atoms with Gasteiger partial charge in [0.05, 0.1) is 0 Å². The van der Waals surface area contributed by atoms with Crippen molar-refractivity contribution in [3.05, 3.63) is 34.9 Å². The van der Waals surface area contributed by atoms with Gasteiger partial charge >= 0.3 is 6.09 Å². The highest BCUT2D eigenvalue weighted by molar-refractivity contribution is 6.30. The van der Waals surface area contributed by atoms with E-state index >= 15 is 0 Å². The molecule has 0 spiro atoms. The summed E-state index contributed by atoms with van der Waals surface area (Å²) >= 11 is 5.86. The van der Waals surface area contributed by atoms with E-state index in [1.54, 1.807) is 0 Å². The Balaban J connectivity index is 2.12. The second kappa shape index (κ2) is 3.88. The maximum Gasteiger partial charge on any atom is 0.407 e. The highest BCUT2D eigenvalue weighted by Crippen LogP contribution is 2.21. The molecule has 1 heterocycles. The Morgan fingerprint density at radius 3 is 3.00 bits per heavy atom. The predicted molar refractivity (Wildman–Crippen MR) is 53.5 cm³/mol. The molecule has 1 amide bonds. The molecule has 14 heavy (non-hydrogen) atoms. The normalized spacial score (nSPS) is 21.2. The third-order valence-electron chi connectivity index (χ3n) is 2.23. The first-order chi connectivity index (χ1) is 6.75. The van der Waals surface area contributed by atoms with Crippen molar-refractivity contribution in [3.8, 4) is 0 Å². The Kier molecular flexibility index (Phi) is 2.59. The number of hydrogen-bond donors (Lipinski definition) is 1. The van der Waals surface area contributed by atoms with Crippen LogP contribution in [0.5, 0.6) is 0 Å². The van der Waals surface area contributed by atoms with Crippen molar-refractivity contribution in [2.45, 2.75) is 5.92 Å². The van der Waals surface area contributed by atoms with Crippen LogP contribution in [0, 0.1) is 0 Å². The minimum Gasteiger partial charge on any atom is -0.449 e. The summed E-state index contributed by atoms with van der Waals surface area (Å²) in [6.45, 7) is 1.03. The molecule has 0 aromatic heterocycles. The first kappa shape index (κ1) is 9.34. The molecule has 1 saturated heterocycles. The number of carbonyl (C=O) groups is 1. The smallest absolute Gasteiger partial charge is 0.407 e. The number of carbonyl (C=O) groups excluding carboxylic acids is 1. The quantitative estimate of drug-likeness (QED) is 0.773. The van der Waals surface area contributed by atoms with E-state index in [1.807, 2.05) is 24.3 Å². The zero-order valence-electron chi connectivity index (χ0n) is 7.50. The number of alkyl carbamates (subject to hydrolysis) is 1. The lowest BCUT2D eigenvalue weighted by Crippen LogP contribution is -2.37. The van der Waals surface area contributed by atoms with E-state index in [4.69, 9.17) is 16.3 Å². The van der Waals surface area contributed by atoms with Crippen molar-refractivity contribution in [2.24, 2.45) is 0 Å². The summed E-state index contributed by atoms with van der Waals surface area (Å²) in [6.07, 6.45) is -0.344. The van der Waals surface area contributed by atoms with Gasteiger partial charge in [-0.2, -0.15) is 0 Å². The Morgan fingerprint density at radius 1 is 1.50 bits per heavy atom. The molecule has 0 unspecified atom stereocenters. The summed E-state index contributed by atoms with van der Waals surface area (Å²) in [4.78, 5) is 10.7. The number of nitrogens with one attached hydrogen (secondary N) is 1. The average molecular weight is 212 g/mol. The molecular weight excluding hydrogens is 202 g/mol. The second-order valence-corrected chi connectivity index (χ2v) is 3.67. The molecule has 1 aromatic carbocycles. The summed E-state index contributed by atoms with van der Waals surface area (Å²) in [7, 11) is 0. The molecule has 3 nitrogen and oxygen atoms in total. The number of amides is 1. The van der Waals surface area contributed by atoms with Crippen LogP contribution in [0.1, 0.15) is 11.5 Å². The molecule has 0 saturated carbocycles. The van der Waals surface area contributed by atoms with Crippen LogP contribution in [0.2, 0.25) is 5.02 Å². The fraction of sp³-hybridized carbons (Fsp3) is 0.300. The van der Waals surface area contributed by atoms with Crippen molar-refractivity contribution < 1.29 is 9.53 Å². The summed E-state index contributed by atoms with van der Waals surface area (Å²) in [5.41, 5.74) is 1.09. The molecule has 0 aliphatic carbocycles. The third kappa shape index (κ3) is 1.99. The van der Waals surface area contributed by atoms with E-state index in [2.05, 4.69) is 5.32 Å². The summed E-state index contributed by atoms with van der Waals surface area (Å²) in [5, 5.41) is 3.35. The first-order valence-corrected chi connectivity index (χ1v) is 4.79. The minimum absolute atomic E-state index is 0.200. The summed E-state index contributed by atoms with van der Waals surface area (Å²) in [5.74, 6) is 0.200. The molecule has 1 N–H and O–H groups in total. The van der Waals surface area contributed by atoms with Crippen molar-refractivity contribution in [2.75, 3.05) is 13.2 Å². The van der Waals surface area contributed by atoms with Gasteiger partial charge in [-0.25, -0.2) is 4.79 Å². The fourth-order valence-electron chi connectivity index (χ4n) is 1.47. The van der Waals surface area contributed by atoms with Gasteiger partial charge in [-0.05, 0) is 17.7 Å². The standard InChI is InChI=1S/C10H10ClNO2/c11-9-3-1-2-7(4-9)8-5-12-10(13)14-6-8/h1-4,8H,5-6H2,(H,12,13)/t8-/m1/s1. The van der Waals surface area contributed by atoms with Gasteiger partial charge in [0.1, 0.15) is 6.61 Å². The molecule has 1 aliphatic heterocycles. The molecule has 1 fully saturated rings. The van der Waals surface area contributed by atoms with E-state index in [1.165, 1.54) is 0 Å². The van der Waals surface area contributed by atoms with Crippen molar-refractivity contribution in [3.63, 3.8) is 0 Å². The Hall–Kier alpha value is -1.22. The lowest BCUT2D eigenvalue weighted by atomic mass is 9.99. The van der Waals surface area contributed by atoms with Crippen molar-refractivity contribution in [1.82, 2.24) is 5.32 Å². The molecule has 0 radical (unpaired) electrons. The third-order valence-corrected chi connectivity index (χ3v) is 2.46. The van der Waals surface area contributed by atoms with Gasteiger partial charge in [0, 0.05) is 17.5 Å². The van der Waals surface area contributed by atoms with E-state index < -0.39 is 0 Å². The molecule has 74 valence electrons. The van der Waals surface area contributed by atoms with Crippen LogP contribution in [0.4, 0.5) is 4.79 Å². The van der Waals surface area contributed by atoms with Gasteiger partial charge in [-0.1, -0.05) is 23.7 Å². The van der Waals surface area contributed by atoms with E-state index in [0.717, 1.165) is 5.56 Å². The Morgan fingerprint density at radius 2 is 2.36 bits per heavy atom. The number of halogens is 1. The van der Waals surface area contributed by atoms with Crippen LogP contribution in [0.3, 0.4) is 0 Å². The lowest BCUT2D eigenvalue weighted by Gasteiger charge is -2.23. The zero-order chi connectivity index (χ0) is 9.97. The largest absolute Gasteiger partial charge is 0.449 e. The van der Waals surface area contributed by atoms with E-state index in [-0.39, 0.29) is 12.0 Å². The summed E-state index contributed by atoms with van der Waals surface area (Å²) in [6, 6.07) is 7.60. The Labute approximate surface area is 87.0 Å². The number of hydrogen-bond acceptors (Lipinski definition) is 2. The number of ether oxygens (including phenoxy) is 1. The molecule has 1 atom stereocenters. The highest BCUT2D eigenvalue weighted by Gasteiger charge is 2.20. The topological polar surface area (TPSA) is 38.3 Å². The van der Waals surface area contributed by atoms with Crippen LogP contribution < -0.4 is 5.32 Å². The molecule has 1 aliphatic rings. The van der Waals surface area contributed by atoms with E-state index in [0.29, 0.717) is 18.2 Å². The molecule has 2 rings (SSSR count). The molecule has 0 bridgehead atoms. The van der Waals surface area contributed by atoms with Crippen LogP contribution in [0.25, 0.3) is 0 Å². The van der Waals surface area contributed by atoms with Gasteiger partial charge in [0.2, 0.25) is 0 Å². The van der Waals surface area contributed by atoms with E-state index in [9.17, 15) is 4.79 Å². The number of rotatable bonds is 1. The van der Waals surface area contributed by atoms with Crippen LogP contribution in [0.15, 0.2) is 24.3 Å². The SMILES string of the molecule is O=C1NC[C@@H](c2cccc(Cl)c2)CO1. The minimum atomic E-state index is -0.344. The van der Waals surface area contributed by atoms with Crippen molar-refractivity contribution >= 4 is 17.7 Å². The maximum absolute atomic E-state index is 10.7. The lowest BCUT2D eigenvalue weighted by molar-refractivity contribution is 0.120. The summed E-state index contributed by atoms with van der Waals surface area (Å²) < 4.78 is 4.89. The average Bonchev–Trinajstić information content (AvgIpc) is 2.19. The maximum atomic E-state index is 10.7. The second-order valence-electron chi connectivity index (χ2n) is 3.23. The van der Waals surface area contributed by atoms with Crippen LogP contribution in [-0.4, -0.2) is 19.2 Å². The molecule has 4 heteroatoms.